The van der Waals surface area contributed by atoms with Gasteiger partial charge in [0.15, 0.2) is 0 Å². The molecule has 2 aromatic carbocycles. The number of pyridine rings is 1. The number of nitrogens with zero attached hydrogens (tertiary/aromatic N) is 2. The van der Waals surface area contributed by atoms with Crippen molar-refractivity contribution >= 4 is 5.91 Å². The standard InChI is InChI=1S/C23H21FN2O/c1-16-9-11-17(12-10-16)15-26-13-5-4-8-22(26)25-23(27)20-14-19(20)18-6-2-3-7-21(18)24/h2-13,19-20H,14-15H2,1H3. The highest BCUT2D eigenvalue weighted by atomic mass is 19.1. The van der Waals surface area contributed by atoms with Gasteiger partial charge in [-0.3, -0.25) is 4.79 Å². The maximum atomic E-state index is 13.9. The van der Waals surface area contributed by atoms with Crippen molar-refractivity contribution in [1.82, 2.24) is 4.57 Å². The summed E-state index contributed by atoms with van der Waals surface area (Å²) in [5.74, 6) is -0.703. The van der Waals surface area contributed by atoms with Gasteiger partial charge in [0.05, 0.1) is 0 Å². The molecule has 1 fully saturated rings. The summed E-state index contributed by atoms with van der Waals surface area (Å²) in [6, 6.07) is 20.6. The van der Waals surface area contributed by atoms with Crippen LogP contribution in [0.2, 0.25) is 0 Å². The molecule has 2 unspecified atom stereocenters. The largest absolute Gasteiger partial charge is 0.328 e. The number of amides is 1. The molecule has 4 rings (SSSR count). The van der Waals surface area contributed by atoms with E-state index in [1.807, 2.05) is 35.0 Å². The molecule has 3 nitrogen and oxygen atoms in total. The van der Waals surface area contributed by atoms with E-state index in [-0.39, 0.29) is 23.6 Å². The van der Waals surface area contributed by atoms with Gasteiger partial charge in [-0.2, -0.15) is 4.99 Å². The molecule has 1 heterocycles. The third kappa shape index (κ3) is 3.90. The van der Waals surface area contributed by atoms with Crippen LogP contribution in [-0.2, 0) is 11.3 Å². The van der Waals surface area contributed by atoms with Crippen LogP contribution in [0.1, 0.15) is 29.0 Å². The van der Waals surface area contributed by atoms with E-state index >= 15 is 0 Å². The predicted molar refractivity (Wildman–Crippen MR) is 103 cm³/mol. The lowest BCUT2D eigenvalue weighted by Crippen LogP contribution is -2.22. The molecule has 0 radical (unpaired) electrons. The highest BCUT2D eigenvalue weighted by Gasteiger charge is 2.45. The lowest BCUT2D eigenvalue weighted by molar-refractivity contribution is -0.119. The highest BCUT2D eigenvalue weighted by molar-refractivity contribution is 5.83. The first kappa shape index (κ1) is 17.4. The fourth-order valence-corrected chi connectivity index (χ4v) is 3.38. The molecule has 1 aliphatic carbocycles. The monoisotopic (exact) mass is 360 g/mol. The van der Waals surface area contributed by atoms with E-state index in [2.05, 4.69) is 36.2 Å². The lowest BCUT2D eigenvalue weighted by Gasteiger charge is -2.08. The Hall–Kier alpha value is -3.01. The Morgan fingerprint density at radius 2 is 1.81 bits per heavy atom. The zero-order valence-electron chi connectivity index (χ0n) is 15.2. The fraction of sp³-hybridized carbons (Fsp3) is 0.217. The Kier molecular flexibility index (Phi) is 4.71. The minimum absolute atomic E-state index is 0.0586. The Labute approximate surface area is 157 Å². The molecule has 1 amide bonds. The molecule has 136 valence electrons. The summed E-state index contributed by atoms with van der Waals surface area (Å²) in [5, 5.41) is 0. The fourth-order valence-electron chi connectivity index (χ4n) is 3.38. The molecule has 27 heavy (non-hydrogen) atoms. The molecule has 1 saturated carbocycles. The number of halogens is 1. The predicted octanol–water partition coefficient (Wildman–Crippen LogP) is 4.21. The second kappa shape index (κ2) is 7.31. The molecule has 1 aromatic heterocycles. The van der Waals surface area contributed by atoms with Crippen LogP contribution >= 0.6 is 0 Å². The molecule has 0 aliphatic heterocycles. The number of aromatic nitrogens is 1. The number of aryl methyl sites for hydroxylation is 1. The van der Waals surface area contributed by atoms with Crippen LogP contribution < -0.4 is 5.49 Å². The molecular formula is C23H21FN2O. The first-order valence-electron chi connectivity index (χ1n) is 9.16. The second-order valence-electron chi connectivity index (χ2n) is 7.09. The van der Waals surface area contributed by atoms with Crippen LogP contribution in [0.15, 0.2) is 77.9 Å². The van der Waals surface area contributed by atoms with Gasteiger partial charge < -0.3 is 4.57 Å². The molecule has 3 aromatic rings. The maximum Gasteiger partial charge on any atom is 0.251 e. The summed E-state index contributed by atoms with van der Waals surface area (Å²) in [6.45, 7) is 2.70. The van der Waals surface area contributed by atoms with Gasteiger partial charge in [0.1, 0.15) is 11.3 Å². The summed E-state index contributed by atoms with van der Waals surface area (Å²) in [7, 11) is 0. The first-order valence-corrected chi connectivity index (χ1v) is 9.16. The van der Waals surface area contributed by atoms with E-state index in [1.165, 1.54) is 11.6 Å². The topological polar surface area (TPSA) is 34.4 Å². The number of hydrogen-bond acceptors (Lipinski definition) is 1. The van der Waals surface area contributed by atoms with Crippen LogP contribution in [-0.4, -0.2) is 10.5 Å². The van der Waals surface area contributed by atoms with Gasteiger partial charge in [-0.25, -0.2) is 4.39 Å². The Bertz CT molecular complexity index is 1040. The Balaban J connectivity index is 1.55. The zero-order valence-corrected chi connectivity index (χ0v) is 15.2. The number of rotatable bonds is 4. The minimum Gasteiger partial charge on any atom is -0.328 e. The average Bonchev–Trinajstić information content (AvgIpc) is 3.46. The van der Waals surface area contributed by atoms with Crippen LogP contribution in [0.3, 0.4) is 0 Å². The van der Waals surface area contributed by atoms with Crippen molar-refractivity contribution in [3.05, 3.63) is 101 Å². The van der Waals surface area contributed by atoms with Crippen molar-refractivity contribution < 1.29 is 9.18 Å². The quantitative estimate of drug-likeness (QED) is 0.686. The summed E-state index contributed by atoms with van der Waals surface area (Å²) < 4.78 is 15.9. The lowest BCUT2D eigenvalue weighted by atomic mass is 10.1. The molecule has 0 N–H and O–H groups in total. The SMILES string of the molecule is Cc1ccc(Cn2ccccc2=NC(=O)C2CC2c2ccccc2F)cc1. The summed E-state index contributed by atoms with van der Waals surface area (Å²) >= 11 is 0. The van der Waals surface area contributed by atoms with Crippen molar-refractivity contribution in [1.29, 1.82) is 0 Å². The van der Waals surface area contributed by atoms with E-state index in [1.54, 1.807) is 12.1 Å². The van der Waals surface area contributed by atoms with Gasteiger partial charge in [0, 0.05) is 18.7 Å². The van der Waals surface area contributed by atoms with Gasteiger partial charge >= 0.3 is 0 Å². The smallest absolute Gasteiger partial charge is 0.251 e. The van der Waals surface area contributed by atoms with Crippen molar-refractivity contribution in [3.63, 3.8) is 0 Å². The molecule has 1 aliphatic rings. The van der Waals surface area contributed by atoms with E-state index in [9.17, 15) is 9.18 Å². The molecule has 4 heteroatoms. The van der Waals surface area contributed by atoms with E-state index in [0.717, 1.165) is 5.56 Å². The summed E-state index contributed by atoms with van der Waals surface area (Å²) in [6.07, 6.45) is 2.58. The van der Waals surface area contributed by atoms with Crippen molar-refractivity contribution in [2.45, 2.75) is 25.8 Å². The minimum atomic E-state index is -0.244. The molecule has 0 bridgehead atoms. The average molecular weight is 360 g/mol. The number of carbonyl (C=O) groups excluding carboxylic acids is 1. The second-order valence-corrected chi connectivity index (χ2v) is 7.09. The summed E-state index contributed by atoms with van der Waals surface area (Å²) in [4.78, 5) is 17.0. The zero-order chi connectivity index (χ0) is 18.8. The maximum absolute atomic E-state index is 13.9. The number of hydrogen-bond donors (Lipinski definition) is 0. The van der Waals surface area contributed by atoms with Crippen LogP contribution in [0.25, 0.3) is 0 Å². The van der Waals surface area contributed by atoms with E-state index in [0.29, 0.717) is 24.0 Å². The Morgan fingerprint density at radius 3 is 2.59 bits per heavy atom. The van der Waals surface area contributed by atoms with Crippen LogP contribution in [0.5, 0.6) is 0 Å². The molecule has 2 atom stereocenters. The highest BCUT2D eigenvalue weighted by Crippen LogP contribution is 2.48. The third-order valence-corrected chi connectivity index (χ3v) is 5.03. The van der Waals surface area contributed by atoms with Gasteiger partial charge in [-0.05, 0) is 48.6 Å². The molecular weight excluding hydrogens is 339 g/mol. The van der Waals surface area contributed by atoms with Gasteiger partial charge in [-0.1, -0.05) is 54.1 Å². The summed E-state index contributed by atoms with van der Waals surface area (Å²) in [5.41, 5.74) is 3.61. The van der Waals surface area contributed by atoms with Crippen molar-refractivity contribution in [3.8, 4) is 0 Å². The Morgan fingerprint density at radius 1 is 1.07 bits per heavy atom. The van der Waals surface area contributed by atoms with E-state index < -0.39 is 0 Å². The molecule has 0 saturated heterocycles. The third-order valence-electron chi connectivity index (χ3n) is 5.03. The van der Waals surface area contributed by atoms with Crippen molar-refractivity contribution in [2.24, 2.45) is 10.9 Å². The van der Waals surface area contributed by atoms with Gasteiger partial charge in [0.2, 0.25) is 0 Å². The van der Waals surface area contributed by atoms with Gasteiger partial charge in [-0.15, -0.1) is 0 Å². The number of carbonyl (C=O) groups is 1. The molecule has 0 spiro atoms. The first-order chi connectivity index (χ1) is 13.1. The van der Waals surface area contributed by atoms with Gasteiger partial charge in [0.25, 0.3) is 5.91 Å². The normalized spacial score (nSPS) is 19.1. The van der Waals surface area contributed by atoms with Crippen LogP contribution in [0, 0.1) is 18.7 Å². The number of benzene rings is 2. The van der Waals surface area contributed by atoms with E-state index in [4.69, 9.17) is 0 Å². The van der Waals surface area contributed by atoms with Crippen molar-refractivity contribution in [2.75, 3.05) is 0 Å². The van der Waals surface area contributed by atoms with Crippen LogP contribution in [0.4, 0.5) is 4.39 Å².